The molecule has 0 radical (unpaired) electrons. The van der Waals surface area contributed by atoms with Crippen molar-refractivity contribution < 1.29 is 0 Å². The Morgan fingerprint density at radius 2 is 2.19 bits per heavy atom. The Bertz CT molecular complexity index is 618. The molecule has 0 spiro atoms. The third kappa shape index (κ3) is 1.49. The Kier molecular flexibility index (Phi) is 2.33. The molecule has 3 rings (SSSR count). The maximum atomic E-state index is 5.90. The molecule has 82 valence electrons. The van der Waals surface area contributed by atoms with Crippen molar-refractivity contribution in [1.29, 1.82) is 0 Å². The van der Waals surface area contributed by atoms with Crippen molar-refractivity contribution in [3.05, 3.63) is 34.2 Å². The minimum atomic E-state index is 0.398. The molecule has 2 aromatic heterocycles. The lowest BCUT2D eigenvalue weighted by Crippen LogP contribution is -2.05. The summed E-state index contributed by atoms with van der Waals surface area (Å²) in [5.74, 6) is 0. The number of halogens is 1. The smallest absolute Gasteiger partial charge is 0.179 e. The highest BCUT2D eigenvalue weighted by Gasteiger charge is 2.17. The van der Waals surface area contributed by atoms with Crippen LogP contribution in [0.4, 0.5) is 0 Å². The van der Waals surface area contributed by atoms with E-state index in [9.17, 15) is 0 Å². The van der Waals surface area contributed by atoms with E-state index in [0.717, 1.165) is 28.8 Å². The molecule has 0 unspecified atom stereocenters. The predicted octanol–water partition coefficient (Wildman–Crippen LogP) is 3.64. The van der Waals surface area contributed by atoms with Gasteiger partial charge in [0.15, 0.2) is 10.4 Å². The summed E-state index contributed by atoms with van der Waals surface area (Å²) in [5.41, 5.74) is 1.80. The lowest BCUT2D eigenvalue weighted by atomic mass is 10.2. The normalized spacial score (nSPS) is 16.3. The summed E-state index contributed by atoms with van der Waals surface area (Å²) in [4.78, 5) is 7.50. The van der Waals surface area contributed by atoms with E-state index in [0.29, 0.717) is 11.1 Å². The van der Waals surface area contributed by atoms with Gasteiger partial charge in [0, 0.05) is 12.2 Å². The molecular weight excluding hydrogens is 242 g/mol. The SMILES string of the molecule is S=c1[nH]c2cc(Cl)cnc2n1C1CC=CC1. The number of hydrogen-bond donors (Lipinski definition) is 1. The molecule has 0 aliphatic heterocycles. The number of nitrogens with one attached hydrogen (secondary N) is 1. The van der Waals surface area contributed by atoms with E-state index in [1.807, 2.05) is 6.07 Å². The van der Waals surface area contributed by atoms with E-state index in [1.165, 1.54) is 0 Å². The standard InChI is InChI=1S/C11H10ClN3S/c12-7-5-9-10(13-6-7)15(11(16)14-9)8-3-1-2-4-8/h1-2,5-6,8H,3-4H2,(H,14,16). The van der Waals surface area contributed by atoms with Gasteiger partial charge in [-0.3, -0.25) is 4.57 Å². The zero-order valence-corrected chi connectivity index (χ0v) is 10.1. The lowest BCUT2D eigenvalue weighted by Gasteiger charge is -2.11. The highest BCUT2D eigenvalue weighted by molar-refractivity contribution is 7.71. The molecule has 0 fully saturated rings. The average Bonchev–Trinajstić information content (AvgIpc) is 2.83. The van der Waals surface area contributed by atoms with Crippen molar-refractivity contribution in [2.45, 2.75) is 18.9 Å². The van der Waals surface area contributed by atoms with Crippen molar-refractivity contribution in [2.24, 2.45) is 0 Å². The van der Waals surface area contributed by atoms with Gasteiger partial charge in [0.25, 0.3) is 0 Å². The molecular formula is C11H10ClN3S. The second kappa shape index (κ2) is 3.71. The maximum Gasteiger partial charge on any atom is 0.179 e. The number of fused-ring (bicyclic) bond motifs is 1. The van der Waals surface area contributed by atoms with Crippen LogP contribution >= 0.6 is 23.8 Å². The van der Waals surface area contributed by atoms with Crippen molar-refractivity contribution in [3.63, 3.8) is 0 Å². The van der Waals surface area contributed by atoms with Gasteiger partial charge in [-0.2, -0.15) is 0 Å². The third-order valence-electron chi connectivity index (χ3n) is 2.87. The van der Waals surface area contributed by atoms with Crippen LogP contribution in [-0.2, 0) is 0 Å². The summed E-state index contributed by atoms with van der Waals surface area (Å²) < 4.78 is 2.81. The fraction of sp³-hybridized carbons (Fsp3) is 0.273. The molecule has 0 bridgehead atoms. The van der Waals surface area contributed by atoms with Crippen LogP contribution in [0.3, 0.4) is 0 Å². The van der Waals surface area contributed by atoms with Gasteiger partial charge < -0.3 is 4.98 Å². The summed E-state index contributed by atoms with van der Waals surface area (Å²) in [7, 11) is 0. The Morgan fingerprint density at radius 3 is 2.94 bits per heavy atom. The second-order valence-electron chi connectivity index (χ2n) is 3.92. The van der Waals surface area contributed by atoms with Crippen LogP contribution in [-0.4, -0.2) is 14.5 Å². The third-order valence-corrected chi connectivity index (χ3v) is 3.38. The fourth-order valence-corrected chi connectivity index (χ4v) is 2.64. The molecule has 2 aromatic rings. The van der Waals surface area contributed by atoms with Crippen molar-refractivity contribution in [1.82, 2.24) is 14.5 Å². The van der Waals surface area contributed by atoms with Crippen LogP contribution in [0.1, 0.15) is 18.9 Å². The molecule has 0 aromatic carbocycles. The molecule has 0 saturated carbocycles. The lowest BCUT2D eigenvalue weighted by molar-refractivity contribution is 0.541. The van der Waals surface area contributed by atoms with Crippen LogP contribution in [0.15, 0.2) is 24.4 Å². The first-order valence-electron chi connectivity index (χ1n) is 5.16. The quantitative estimate of drug-likeness (QED) is 0.620. The summed E-state index contributed by atoms with van der Waals surface area (Å²) >= 11 is 11.2. The predicted molar refractivity (Wildman–Crippen MR) is 67.3 cm³/mol. The minimum absolute atomic E-state index is 0.398. The number of nitrogens with zero attached hydrogens (tertiary/aromatic N) is 2. The number of rotatable bonds is 1. The Labute approximate surface area is 103 Å². The van der Waals surface area contributed by atoms with Crippen LogP contribution in [0.25, 0.3) is 11.2 Å². The first-order chi connectivity index (χ1) is 7.75. The fourth-order valence-electron chi connectivity index (χ4n) is 2.14. The number of allylic oxidation sites excluding steroid dienone is 2. The van der Waals surface area contributed by atoms with Gasteiger partial charge in [-0.25, -0.2) is 4.98 Å². The molecule has 0 amide bonds. The van der Waals surface area contributed by atoms with Crippen molar-refractivity contribution in [2.75, 3.05) is 0 Å². The van der Waals surface area contributed by atoms with Crippen molar-refractivity contribution >= 4 is 35.0 Å². The zero-order valence-electron chi connectivity index (χ0n) is 8.48. The van der Waals surface area contributed by atoms with E-state index in [2.05, 4.69) is 26.7 Å². The Morgan fingerprint density at radius 1 is 1.44 bits per heavy atom. The van der Waals surface area contributed by atoms with E-state index < -0.39 is 0 Å². The molecule has 0 atom stereocenters. The molecule has 1 aliphatic rings. The molecule has 0 saturated heterocycles. The number of aromatic nitrogens is 3. The van der Waals surface area contributed by atoms with Gasteiger partial charge in [0.2, 0.25) is 0 Å². The largest absolute Gasteiger partial charge is 0.329 e. The summed E-state index contributed by atoms with van der Waals surface area (Å²) in [6.07, 6.45) is 8.06. The van der Waals surface area contributed by atoms with Gasteiger partial charge >= 0.3 is 0 Å². The number of H-pyrrole nitrogens is 1. The topological polar surface area (TPSA) is 33.6 Å². The highest BCUT2D eigenvalue weighted by Crippen LogP contribution is 2.28. The van der Waals surface area contributed by atoms with E-state index in [-0.39, 0.29) is 0 Å². The van der Waals surface area contributed by atoms with Gasteiger partial charge in [-0.15, -0.1) is 0 Å². The molecule has 2 heterocycles. The van der Waals surface area contributed by atoms with Crippen LogP contribution < -0.4 is 0 Å². The second-order valence-corrected chi connectivity index (χ2v) is 4.74. The average molecular weight is 252 g/mol. The molecule has 5 heteroatoms. The number of aromatic amines is 1. The minimum Gasteiger partial charge on any atom is -0.329 e. The first kappa shape index (κ1) is 10.1. The number of hydrogen-bond acceptors (Lipinski definition) is 2. The molecule has 16 heavy (non-hydrogen) atoms. The van der Waals surface area contributed by atoms with E-state index >= 15 is 0 Å². The highest BCUT2D eigenvalue weighted by atomic mass is 35.5. The molecule has 1 N–H and O–H groups in total. The molecule has 1 aliphatic carbocycles. The summed E-state index contributed by atoms with van der Waals surface area (Å²) in [5, 5.41) is 0.625. The monoisotopic (exact) mass is 251 g/mol. The van der Waals surface area contributed by atoms with Crippen molar-refractivity contribution in [3.8, 4) is 0 Å². The maximum absolute atomic E-state index is 5.90. The van der Waals surface area contributed by atoms with Gasteiger partial charge in [0.1, 0.15) is 0 Å². The van der Waals surface area contributed by atoms with Gasteiger partial charge in [0.05, 0.1) is 10.5 Å². The van der Waals surface area contributed by atoms with E-state index in [4.69, 9.17) is 23.8 Å². The summed E-state index contributed by atoms with van der Waals surface area (Å²) in [6, 6.07) is 2.26. The number of pyridine rings is 1. The zero-order chi connectivity index (χ0) is 11.1. The molecule has 3 nitrogen and oxygen atoms in total. The van der Waals surface area contributed by atoms with E-state index in [1.54, 1.807) is 6.20 Å². The number of imidazole rings is 1. The summed E-state index contributed by atoms with van der Waals surface area (Å²) in [6.45, 7) is 0. The van der Waals surface area contributed by atoms with Crippen LogP contribution in [0.2, 0.25) is 5.02 Å². The Balaban J connectivity index is 2.23. The van der Waals surface area contributed by atoms with Crippen LogP contribution in [0, 0.1) is 4.77 Å². The first-order valence-corrected chi connectivity index (χ1v) is 5.95. The van der Waals surface area contributed by atoms with Gasteiger partial charge in [-0.1, -0.05) is 23.8 Å². The van der Waals surface area contributed by atoms with Crippen LogP contribution in [0.5, 0.6) is 0 Å². The van der Waals surface area contributed by atoms with Gasteiger partial charge in [-0.05, 0) is 31.1 Å². The Hall–Kier alpha value is -1.13.